The van der Waals surface area contributed by atoms with E-state index < -0.39 is 0 Å². The number of nitrogens with two attached hydrogens (primary N) is 1. The van der Waals surface area contributed by atoms with Crippen molar-refractivity contribution in [1.29, 1.82) is 0 Å². The summed E-state index contributed by atoms with van der Waals surface area (Å²) in [4.78, 5) is 0. The third kappa shape index (κ3) is 3.07. The van der Waals surface area contributed by atoms with Gasteiger partial charge in [-0.05, 0) is 32.3 Å². The monoisotopic (exact) mass is 226 g/mol. The first-order valence-electron chi connectivity index (χ1n) is 5.62. The van der Waals surface area contributed by atoms with E-state index in [2.05, 4.69) is 12.3 Å². The van der Waals surface area contributed by atoms with Crippen molar-refractivity contribution >= 4 is 0 Å². The Morgan fingerprint density at radius 3 is 2.62 bits per heavy atom. The highest BCUT2D eigenvalue weighted by Gasteiger charge is 2.21. The van der Waals surface area contributed by atoms with Crippen LogP contribution in [-0.2, 0) is 4.74 Å². The molecule has 0 aliphatic carbocycles. The van der Waals surface area contributed by atoms with Crippen LogP contribution >= 0.6 is 0 Å². The number of hydrogen-bond donors (Lipinski definition) is 2. The molecule has 0 radical (unpaired) electrons. The Morgan fingerprint density at radius 2 is 2.19 bits per heavy atom. The Bertz CT molecular complexity index is 323. The second-order valence-corrected chi connectivity index (χ2v) is 4.27. The molecule has 92 valence electrons. The third-order valence-electron chi connectivity index (χ3n) is 2.94. The lowest BCUT2D eigenvalue weighted by atomic mass is 9.93. The summed E-state index contributed by atoms with van der Waals surface area (Å²) < 4.78 is 10.6. The predicted octanol–water partition coefficient (Wildman–Crippen LogP) is 2.07. The average molecular weight is 226 g/mol. The first kappa shape index (κ1) is 13.2. The van der Waals surface area contributed by atoms with Gasteiger partial charge in [-0.15, -0.1) is 0 Å². The fourth-order valence-corrected chi connectivity index (χ4v) is 1.99. The van der Waals surface area contributed by atoms with Gasteiger partial charge in [0, 0.05) is 19.3 Å². The smallest absolute Gasteiger partial charge is 0.105 e. The normalized spacial score (nSPS) is 15.1. The van der Waals surface area contributed by atoms with E-state index in [1.54, 1.807) is 7.11 Å². The molecule has 4 heteroatoms. The molecule has 0 spiro atoms. The topological polar surface area (TPSA) is 60.4 Å². The lowest BCUT2D eigenvalue weighted by molar-refractivity contribution is 0.170. The highest BCUT2D eigenvalue weighted by molar-refractivity contribution is 5.24. The molecule has 2 atom stereocenters. The maximum atomic E-state index is 5.62. The summed E-state index contributed by atoms with van der Waals surface area (Å²) in [7, 11) is 1.71. The molecule has 0 saturated heterocycles. The number of hydrazine groups is 1. The van der Waals surface area contributed by atoms with Gasteiger partial charge >= 0.3 is 0 Å². The fourth-order valence-electron chi connectivity index (χ4n) is 1.99. The highest BCUT2D eigenvalue weighted by atomic mass is 16.5. The minimum absolute atomic E-state index is 0.118. The minimum atomic E-state index is 0.118. The second kappa shape index (κ2) is 6.03. The van der Waals surface area contributed by atoms with E-state index in [9.17, 15) is 0 Å². The van der Waals surface area contributed by atoms with Crippen LogP contribution in [0.3, 0.4) is 0 Å². The molecule has 16 heavy (non-hydrogen) atoms. The maximum Gasteiger partial charge on any atom is 0.105 e. The molecule has 2 unspecified atom stereocenters. The third-order valence-corrected chi connectivity index (χ3v) is 2.94. The summed E-state index contributed by atoms with van der Waals surface area (Å²) in [6.45, 7) is 6.82. The molecule has 0 aliphatic heterocycles. The quantitative estimate of drug-likeness (QED) is 0.576. The van der Waals surface area contributed by atoms with E-state index in [1.807, 2.05) is 19.9 Å². The van der Waals surface area contributed by atoms with Gasteiger partial charge in [0.2, 0.25) is 0 Å². The van der Waals surface area contributed by atoms with Crippen molar-refractivity contribution in [3.63, 3.8) is 0 Å². The number of aryl methyl sites for hydroxylation is 2. The van der Waals surface area contributed by atoms with Crippen LogP contribution in [-0.4, -0.2) is 13.7 Å². The Hall–Kier alpha value is -0.840. The van der Waals surface area contributed by atoms with Crippen LogP contribution in [0.2, 0.25) is 0 Å². The van der Waals surface area contributed by atoms with Crippen molar-refractivity contribution in [3.05, 3.63) is 23.2 Å². The Kier molecular flexibility index (Phi) is 4.99. The predicted molar refractivity (Wildman–Crippen MR) is 63.9 cm³/mol. The molecule has 1 heterocycles. The first-order chi connectivity index (χ1) is 7.60. The molecular weight excluding hydrogens is 204 g/mol. The SMILES string of the molecule is COCCC(C)C(NN)c1cc(C)oc1C. The molecule has 1 aromatic rings. The lowest BCUT2D eigenvalue weighted by Crippen LogP contribution is -2.33. The van der Waals surface area contributed by atoms with E-state index in [0.29, 0.717) is 5.92 Å². The van der Waals surface area contributed by atoms with E-state index in [1.165, 1.54) is 0 Å². The minimum Gasteiger partial charge on any atom is -0.466 e. The van der Waals surface area contributed by atoms with Gasteiger partial charge in [-0.2, -0.15) is 0 Å². The summed E-state index contributed by atoms with van der Waals surface area (Å²) in [5, 5.41) is 0. The fraction of sp³-hybridized carbons (Fsp3) is 0.667. The standard InChI is InChI=1S/C12H22N2O2/c1-8(5-6-15-4)12(14-13)11-7-9(2)16-10(11)3/h7-8,12,14H,5-6,13H2,1-4H3. The Balaban J connectivity index is 2.77. The van der Waals surface area contributed by atoms with Gasteiger partial charge in [-0.3, -0.25) is 11.3 Å². The van der Waals surface area contributed by atoms with Gasteiger partial charge in [0.15, 0.2) is 0 Å². The lowest BCUT2D eigenvalue weighted by Gasteiger charge is -2.22. The molecule has 1 aromatic heterocycles. The molecule has 0 fully saturated rings. The number of methoxy groups -OCH3 is 1. The van der Waals surface area contributed by atoms with Crippen molar-refractivity contribution < 1.29 is 9.15 Å². The molecule has 0 saturated carbocycles. The van der Waals surface area contributed by atoms with Gasteiger partial charge in [0.25, 0.3) is 0 Å². The molecule has 0 bridgehead atoms. The zero-order chi connectivity index (χ0) is 12.1. The Labute approximate surface area is 97.1 Å². The molecule has 0 amide bonds. The van der Waals surface area contributed by atoms with E-state index in [0.717, 1.165) is 30.1 Å². The Morgan fingerprint density at radius 1 is 1.50 bits per heavy atom. The summed E-state index contributed by atoms with van der Waals surface area (Å²) in [6.07, 6.45) is 0.967. The highest BCUT2D eigenvalue weighted by Crippen LogP contribution is 2.28. The van der Waals surface area contributed by atoms with E-state index >= 15 is 0 Å². The number of nitrogens with one attached hydrogen (secondary N) is 1. The molecule has 0 aromatic carbocycles. The van der Waals surface area contributed by atoms with E-state index in [4.69, 9.17) is 15.0 Å². The van der Waals surface area contributed by atoms with Crippen LogP contribution in [0.4, 0.5) is 0 Å². The van der Waals surface area contributed by atoms with Crippen LogP contribution in [0.1, 0.15) is 36.5 Å². The molecule has 0 aliphatic rings. The number of ether oxygens (including phenoxy) is 1. The van der Waals surface area contributed by atoms with Crippen molar-refractivity contribution in [2.75, 3.05) is 13.7 Å². The molecule has 4 nitrogen and oxygen atoms in total. The van der Waals surface area contributed by atoms with Crippen molar-refractivity contribution in [1.82, 2.24) is 5.43 Å². The molecule has 1 rings (SSSR count). The van der Waals surface area contributed by atoms with Gasteiger partial charge in [0.05, 0.1) is 6.04 Å². The summed E-state index contributed by atoms with van der Waals surface area (Å²) in [5.41, 5.74) is 4.01. The van der Waals surface area contributed by atoms with Crippen LogP contribution in [0, 0.1) is 19.8 Å². The summed E-state index contributed by atoms with van der Waals surface area (Å²) in [5.74, 6) is 7.88. The van der Waals surface area contributed by atoms with Crippen LogP contribution in [0.25, 0.3) is 0 Å². The molecular formula is C12H22N2O2. The summed E-state index contributed by atoms with van der Waals surface area (Å²) >= 11 is 0. The largest absolute Gasteiger partial charge is 0.466 e. The van der Waals surface area contributed by atoms with Crippen molar-refractivity contribution in [2.24, 2.45) is 11.8 Å². The van der Waals surface area contributed by atoms with E-state index in [-0.39, 0.29) is 6.04 Å². The number of furan rings is 1. The van der Waals surface area contributed by atoms with Gasteiger partial charge in [0.1, 0.15) is 11.5 Å². The van der Waals surface area contributed by atoms with Crippen LogP contribution in [0.5, 0.6) is 0 Å². The van der Waals surface area contributed by atoms with Crippen molar-refractivity contribution in [2.45, 2.75) is 33.2 Å². The van der Waals surface area contributed by atoms with Crippen LogP contribution in [0.15, 0.2) is 10.5 Å². The first-order valence-corrected chi connectivity index (χ1v) is 5.62. The number of rotatable bonds is 6. The van der Waals surface area contributed by atoms with Crippen molar-refractivity contribution in [3.8, 4) is 0 Å². The maximum absolute atomic E-state index is 5.62. The van der Waals surface area contributed by atoms with Gasteiger partial charge in [-0.1, -0.05) is 6.92 Å². The van der Waals surface area contributed by atoms with Gasteiger partial charge < -0.3 is 9.15 Å². The van der Waals surface area contributed by atoms with Crippen LogP contribution < -0.4 is 11.3 Å². The summed E-state index contributed by atoms with van der Waals surface area (Å²) in [6, 6.07) is 2.16. The molecule has 3 N–H and O–H groups in total. The number of hydrogen-bond acceptors (Lipinski definition) is 4. The zero-order valence-electron chi connectivity index (χ0n) is 10.5. The zero-order valence-corrected chi connectivity index (χ0v) is 10.5. The van der Waals surface area contributed by atoms with Gasteiger partial charge in [-0.25, -0.2) is 0 Å². The second-order valence-electron chi connectivity index (χ2n) is 4.27. The average Bonchev–Trinajstić information content (AvgIpc) is 2.56.